The number of benzene rings is 3. The molecule has 7 nitrogen and oxygen atoms in total. The number of fused-ring (bicyclic) bond motifs is 1. The van der Waals surface area contributed by atoms with Crippen LogP contribution in [0.5, 0.6) is 0 Å². The Bertz CT molecular complexity index is 1260. The van der Waals surface area contributed by atoms with E-state index in [4.69, 9.17) is 9.73 Å². The predicted octanol–water partition coefficient (Wildman–Crippen LogP) is 6.44. The number of carbonyl (C=O) groups is 1. The van der Waals surface area contributed by atoms with Gasteiger partial charge in [0.05, 0.1) is 12.3 Å². The van der Waals surface area contributed by atoms with Crippen LogP contribution in [0.25, 0.3) is 0 Å². The molecule has 0 saturated carbocycles. The van der Waals surface area contributed by atoms with Gasteiger partial charge < -0.3 is 19.4 Å². The molecule has 3 aromatic carbocycles. The van der Waals surface area contributed by atoms with E-state index in [0.717, 1.165) is 52.5 Å². The number of rotatable bonds is 8. The van der Waals surface area contributed by atoms with Gasteiger partial charge in [0.25, 0.3) is 0 Å². The van der Waals surface area contributed by atoms with Crippen LogP contribution in [0.1, 0.15) is 37.5 Å². The molecule has 0 aromatic heterocycles. The summed E-state index contributed by atoms with van der Waals surface area (Å²) in [7, 11) is 8.16. The number of amidine groups is 1. The second-order valence-corrected chi connectivity index (χ2v) is 11.0. The number of thioether (sulfide) groups is 1. The van der Waals surface area contributed by atoms with Gasteiger partial charge in [0.1, 0.15) is 4.75 Å². The minimum atomic E-state index is -0.649. The van der Waals surface area contributed by atoms with Gasteiger partial charge in [-0.25, -0.2) is 9.79 Å². The molecule has 0 bridgehead atoms. The molecule has 1 heterocycles. The van der Waals surface area contributed by atoms with Crippen LogP contribution in [0.15, 0.2) is 71.7 Å². The molecule has 8 heteroatoms. The molecule has 0 radical (unpaired) electrons. The lowest BCUT2D eigenvalue weighted by atomic mass is 9.82. The normalized spacial score (nSPS) is 13.7. The van der Waals surface area contributed by atoms with Gasteiger partial charge >= 0.3 is 6.09 Å². The second-order valence-electron chi connectivity index (χ2n) is 9.80. The number of ether oxygens (including phenoxy) is 1. The summed E-state index contributed by atoms with van der Waals surface area (Å²) >= 11 is 1.53. The number of aliphatic imine (C=N–C) groups is 1. The fraction of sp³-hybridized carbons (Fsp3) is 0.355. The third-order valence-corrected chi connectivity index (χ3v) is 8.41. The molecule has 0 spiro atoms. The Hall–Kier alpha value is -3.65. The highest BCUT2D eigenvalue weighted by atomic mass is 32.2. The van der Waals surface area contributed by atoms with Crippen LogP contribution in [-0.2, 0) is 9.48 Å². The zero-order chi connectivity index (χ0) is 28.2. The smallest absolute Gasteiger partial charge is 0.413 e. The van der Waals surface area contributed by atoms with Gasteiger partial charge in [-0.2, -0.15) is 0 Å². The molecule has 4 rings (SSSR count). The zero-order valence-corrected chi connectivity index (χ0v) is 24.8. The highest BCUT2D eigenvalue weighted by molar-refractivity contribution is 8.15. The van der Waals surface area contributed by atoms with Crippen molar-refractivity contribution in [3.05, 3.63) is 83.4 Å². The van der Waals surface area contributed by atoms with Crippen LogP contribution in [0, 0.1) is 0 Å². The standard InChI is InChI=1S/C31H39N5O2S/c1-8-36(9-2)26-19-20-27-28(21-26)32-29(33-30(37)38-10-3)39-31(27,22-11-15-24(16-12-22)34(4)5)23-13-17-25(18-14-23)35(6)7/h11-21H,8-10H2,1-7H3,(H,32,33,37). The molecule has 0 atom stereocenters. The molecule has 0 aliphatic carbocycles. The molecule has 0 saturated heterocycles. The molecule has 206 valence electrons. The Labute approximate surface area is 236 Å². The summed E-state index contributed by atoms with van der Waals surface area (Å²) in [5.41, 5.74) is 7.45. The first-order valence-corrected chi connectivity index (χ1v) is 14.2. The van der Waals surface area contributed by atoms with Gasteiger partial charge in [0.2, 0.25) is 0 Å². The summed E-state index contributed by atoms with van der Waals surface area (Å²) in [6, 6.07) is 23.8. The first-order chi connectivity index (χ1) is 18.7. The van der Waals surface area contributed by atoms with Crippen LogP contribution < -0.4 is 20.0 Å². The zero-order valence-electron chi connectivity index (χ0n) is 24.0. The van der Waals surface area contributed by atoms with Crippen molar-refractivity contribution in [3.8, 4) is 0 Å². The summed E-state index contributed by atoms with van der Waals surface area (Å²) in [6.45, 7) is 8.17. The molecule has 1 amide bonds. The summed E-state index contributed by atoms with van der Waals surface area (Å²) in [5, 5.41) is 3.42. The number of nitrogens with zero attached hydrogens (tertiary/aromatic N) is 4. The predicted molar refractivity (Wildman–Crippen MR) is 166 cm³/mol. The molecule has 1 aliphatic rings. The van der Waals surface area contributed by atoms with Crippen LogP contribution >= 0.6 is 11.8 Å². The quantitative estimate of drug-likeness (QED) is 0.352. The number of carbonyl (C=O) groups excluding carboxylic acids is 1. The molecular weight excluding hydrogens is 506 g/mol. The van der Waals surface area contributed by atoms with E-state index in [2.05, 4.69) is 101 Å². The van der Waals surface area contributed by atoms with Crippen LogP contribution in [0.3, 0.4) is 0 Å². The van der Waals surface area contributed by atoms with E-state index in [9.17, 15) is 4.79 Å². The molecule has 0 unspecified atom stereocenters. The first kappa shape index (κ1) is 28.4. The van der Waals surface area contributed by atoms with Crippen molar-refractivity contribution < 1.29 is 9.53 Å². The number of hydrogen-bond acceptors (Lipinski definition) is 7. The van der Waals surface area contributed by atoms with Crippen molar-refractivity contribution in [2.75, 3.05) is 62.6 Å². The Morgan fingerprint density at radius 2 is 1.33 bits per heavy atom. The Morgan fingerprint density at radius 3 is 1.79 bits per heavy atom. The van der Waals surface area contributed by atoms with Crippen molar-refractivity contribution in [1.82, 2.24) is 5.32 Å². The van der Waals surface area contributed by atoms with E-state index in [-0.39, 0.29) is 6.61 Å². The largest absolute Gasteiger partial charge is 0.450 e. The number of anilines is 3. The number of amides is 1. The maximum atomic E-state index is 12.6. The summed E-state index contributed by atoms with van der Waals surface area (Å²) in [6.07, 6.45) is -0.507. The average molecular weight is 546 g/mol. The third-order valence-electron chi connectivity index (χ3n) is 7.03. The minimum absolute atomic E-state index is 0.287. The summed E-state index contributed by atoms with van der Waals surface area (Å²) in [5.74, 6) is 0. The average Bonchev–Trinajstić information content (AvgIpc) is 2.93. The van der Waals surface area contributed by atoms with Gasteiger partial charge in [-0.15, -0.1) is 0 Å². The van der Waals surface area contributed by atoms with Gasteiger partial charge in [-0.3, -0.25) is 5.32 Å². The fourth-order valence-corrected chi connectivity index (χ4v) is 6.28. The summed E-state index contributed by atoms with van der Waals surface area (Å²) < 4.78 is 4.58. The minimum Gasteiger partial charge on any atom is -0.450 e. The lowest BCUT2D eigenvalue weighted by molar-refractivity contribution is 0.158. The van der Waals surface area contributed by atoms with E-state index >= 15 is 0 Å². The van der Waals surface area contributed by atoms with Crippen LogP contribution in [0.4, 0.5) is 27.5 Å². The van der Waals surface area contributed by atoms with E-state index in [0.29, 0.717) is 5.17 Å². The van der Waals surface area contributed by atoms with Crippen molar-refractivity contribution in [2.45, 2.75) is 25.5 Å². The number of hydrogen-bond donors (Lipinski definition) is 1. The van der Waals surface area contributed by atoms with Gasteiger partial charge in [-0.05, 0) is 68.3 Å². The van der Waals surface area contributed by atoms with Gasteiger partial charge in [0.15, 0.2) is 5.17 Å². The number of nitrogens with one attached hydrogen (secondary N) is 1. The van der Waals surface area contributed by atoms with E-state index < -0.39 is 10.8 Å². The Morgan fingerprint density at radius 1 is 0.821 bits per heavy atom. The van der Waals surface area contributed by atoms with Gasteiger partial charge in [-0.1, -0.05) is 42.1 Å². The number of alkyl carbamates (subject to hydrolysis) is 1. The first-order valence-electron chi connectivity index (χ1n) is 13.4. The lowest BCUT2D eigenvalue weighted by Crippen LogP contribution is -2.37. The van der Waals surface area contributed by atoms with E-state index in [1.165, 1.54) is 11.8 Å². The SMILES string of the molecule is CCOC(=O)NC1=Nc2cc(N(CC)CC)ccc2C(c2ccc(N(C)C)cc2)(c2ccc(N(C)C)cc2)S1. The Balaban J connectivity index is 1.98. The molecular formula is C31H39N5O2S. The second kappa shape index (κ2) is 12.0. The van der Waals surface area contributed by atoms with Crippen molar-refractivity contribution in [2.24, 2.45) is 4.99 Å². The topological polar surface area (TPSA) is 60.4 Å². The maximum Gasteiger partial charge on any atom is 0.413 e. The van der Waals surface area contributed by atoms with Crippen molar-refractivity contribution >= 4 is 45.8 Å². The fourth-order valence-electron chi connectivity index (χ4n) is 4.92. The van der Waals surface area contributed by atoms with E-state index in [1.807, 2.05) is 28.2 Å². The van der Waals surface area contributed by atoms with Crippen molar-refractivity contribution in [3.63, 3.8) is 0 Å². The highest BCUT2D eigenvalue weighted by Gasteiger charge is 2.43. The lowest BCUT2D eigenvalue weighted by Gasteiger charge is -2.39. The molecule has 39 heavy (non-hydrogen) atoms. The molecule has 1 N–H and O–H groups in total. The molecule has 1 aliphatic heterocycles. The monoisotopic (exact) mass is 545 g/mol. The summed E-state index contributed by atoms with van der Waals surface area (Å²) in [4.78, 5) is 24.0. The van der Waals surface area contributed by atoms with E-state index in [1.54, 1.807) is 6.92 Å². The highest BCUT2D eigenvalue weighted by Crippen LogP contribution is 2.55. The van der Waals surface area contributed by atoms with Crippen LogP contribution in [-0.4, -0.2) is 59.1 Å². The van der Waals surface area contributed by atoms with Gasteiger partial charge in [0, 0.05) is 63.9 Å². The van der Waals surface area contributed by atoms with Crippen LogP contribution in [0.2, 0.25) is 0 Å². The molecule has 3 aromatic rings. The Kier molecular flexibility index (Phi) is 8.75. The van der Waals surface area contributed by atoms with Crippen molar-refractivity contribution in [1.29, 1.82) is 0 Å². The maximum absolute atomic E-state index is 12.6. The molecule has 0 fully saturated rings. The third kappa shape index (κ3) is 5.71.